The van der Waals surface area contributed by atoms with Crippen LogP contribution < -0.4 is 4.74 Å². The molecule has 0 saturated carbocycles. The van der Waals surface area contributed by atoms with Gasteiger partial charge in [0.25, 0.3) is 0 Å². The molecule has 1 aromatic carbocycles. The number of halogens is 1. The minimum atomic E-state index is -1.15. The third kappa shape index (κ3) is 3.66. The number of aliphatic hydroxyl groups excluding tert-OH is 3. The molecule has 1 aliphatic heterocycles. The number of aromatic nitrogens is 1. The molecule has 0 radical (unpaired) electrons. The lowest BCUT2D eigenvalue weighted by molar-refractivity contribution is -0.256. The summed E-state index contributed by atoms with van der Waals surface area (Å²) in [5.74, 6) is 0.153. The molecule has 1 aliphatic rings. The number of hydrogen-bond acceptors (Lipinski definition) is 6. The predicted octanol–water partition coefficient (Wildman–Crippen LogP) is 2.93. The number of H-pyrrole nitrogens is 1. The Morgan fingerprint density at radius 1 is 1.21 bits per heavy atom. The van der Waals surface area contributed by atoms with Crippen LogP contribution in [0.4, 0.5) is 0 Å². The molecule has 0 amide bonds. The molecule has 0 bridgehead atoms. The molecule has 0 spiro atoms. The van der Waals surface area contributed by atoms with Crippen LogP contribution in [0.2, 0.25) is 4.34 Å². The minimum absolute atomic E-state index is 0.399. The largest absolute Gasteiger partial charge is 0.464 e. The maximum Gasteiger partial charge on any atom is 0.205 e. The van der Waals surface area contributed by atoms with Crippen molar-refractivity contribution in [1.29, 1.82) is 0 Å². The minimum Gasteiger partial charge on any atom is -0.464 e. The standard InChI is InChI=1S/C20H22ClNO5S/c1-10-18(24)19(25)15(9-23)27-20(10)26-14-4-2-3-13-17(14)11(8-22-13)7-12-5-6-16(21)28-12/h2-6,8,10,15,18-20,22-25H,7,9H2,1H3/t10-,15-,18-,19-,20-/m1/s1. The Kier molecular flexibility index (Phi) is 5.64. The van der Waals surface area contributed by atoms with E-state index < -0.39 is 37.1 Å². The number of nitrogens with one attached hydrogen (secondary N) is 1. The highest BCUT2D eigenvalue weighted by Gasteiger charge is 2.43. The number of fused-ring (bicyclic) bond motifs is 1. The number of aromatic amines is 1. The van der Waals surface area contributed by atoms with Crippen molar-refractivity contribution in [2.24, 2.45) is 5.92 Å². The van der Waals surface area contributed by atoms with Crippen molar-refractivity contribution in [3.05, 3.63) is 51.3 Å². The first-order valence-electron chi connectivity index (χ1n) is 9.10. The number of benzene rings is 1. The highest BCUT2D eigenvalue weighted by molar-refractivity contribution is 7.16. The fourth-order valence-corrected chi connectivity index (χ4v) is 4.68. The summed E-state index contributed by atoms with van der Waals surface area (Å²) < 4.78 is 12.6. The molecular weight excluding hydrogens is 402 g/mol. The van der Waals surface area contributed by atoms with Gasteiger partial charge in [-0.2, -0.15) is 0 Å². The number of rotatable bonds is 5. The summed E-state index contributed by atoms with van der Waals surface area (Å²) in [6, 6.07) is 9.58. The van der Waals surface area contributed by atoms with Gasteiger partial charge in [-0.05, 0) is 29.8 Å². The first-order valence-corrected chi connectivity index (χ1v) is 10.3. The van der Waals surface area contributed by atoms with Crippen LogP contribution in [-0.4, -0.2) is 51.5 Å². The van der Waals surface area contributed by atoms with Gasteiger partial charge in [-0.3, -0.25) is 0 Å². The van der Waals surface area contributed by atoms with Crippen LogP contribution in [0.3, 0.4) is 0 Å². The Hall–Kier alpha value is -1.61. The first kappa shape index (κ1) is 19.7. The summed E-state index contributed by atoms with van der Waals surface area (Å²) >= 11 is 7.59. The highest BCUT2D eigenvalue weighted by Crippen LogP contribution is 2.35. The lowest BCUT2D eigenvalue weighted by Gasteiger charge is -2.40. The van der Waals surface area contributed by atoms with Crippen LogP contribution in [0, 0.1) is 5.92 Å². The zero-order valence-electron chi connectivity index (χ0n) is 15.2. The summed E-state index contributed by atoms with van der Waals surface area (Å²) in [7, 11) is 0. The van der Waals surface area contributed by atoms with E-state index in [1.807, 2.05) is 36.5 Å². The van der Waals surface area contributed by atoms with Gasteiger partial charge in [-0.25, -0.2) is 0 Å². The van der Waals surface area contributed by atoms with Gasteiger partial charge in [0.05, 0.1) is 17.0 Å². The van der Waals surface area contributed by atoms with Gasteiger partial charge >= 0.3 is 0 Å². The van der Waals surface area contributed by atoms with E-state index in [1.54, 1.807) is 6.92 Å². The van der Waals surface area contributed by atoms with Gasteiger partial charge in [0.1, 0.15) is 18.0 Å². The van der Waals surface area contributed by atoms with E-state index in [9.17, 15) is 15.3 Å². The predicted molar refractivity (Wildman–Crippen MR) is 108 cm³/mol. The molecule has 1 fully saturated rings. The fourth-order valence-electron chi connectivity index (χ4n) is 3.57. The van der Waals surface area contributed by atoms with Gasteiger partial charge in [0, 0.05) is 34.3 Å². The number of aliphatic hydroxyl groups is 3. The maximum atomic E-state index is 10.3. The molecule has 3 heterocycles. The Bertz CT molecular complexity index is 955. The molecule has 1 saturated heterocycles. The average molecular weight is 424 g/mol. The maximum absolute atomic E-state index is 10.3. The van der Waals surface area contributed by atoms with Gasteiger partial charge in [-0.15, -0.1) is 11.3 Å². The molecule has 2 aromatic heterocycles. The number of hydrogen-bond donors (Lipinski definition) is 4. The second-order valence-corrected chi connectivity index (χ2v) is 8.86. The van der Waals surface area contributed by atoms with Crippen molar-refractivity contribution in [2.45, 2.75) is 37.9 Å². The Balaban J connectivity index is 1.64. The molecule has 6 nitrogen and oxygen atoms in total. The van der Waals surface area contributed by atoms with Gasteiger partial charge < -0.3 is 29.8 Å². The lowest BCUT2D eigenvalue weighted by atomic mass is 9.92. The lowest BCUT2D eigenvalue weighted by Crippen LogP contribution is -2.56. The van der Waals surface area contributed by atoms with Crippen molar-refractivity contribution in [3.63, 3.8) is 0 Å². The van der Waals surface area contributed by atoms with Crippen molar-refractivity contribution in [1.82, 2.24) is 4.98 Å². The van der Waals surface area contributed by atoms with Crippen LogP contribution in [0.15, 0.2) is 36.5 Å². The van der Waals surface area contributed by atoms with Crippen LogP contribution >= 0.6 is 22.9 Å². The van der Waals surface area contributed by atoms with E-state index >= 15 is 0 Å². The number of ether oxygens (including phenoxy) is 2. The SMILES string of the molecule is C[C@H]1[C@H](Oc2cccc3[nH]cc(Cc4ccc(Cl)s4)c23)O[C@H](CO)[C@@H](O)[C@@H]1O. The fraction of sp³-hybridized carbons (Fsp3) is 0.400. The van der Waals surface area contributed by atoms with Crippen LogP contribution in [0.1, 0.15) is 17.4 Å². The third-order valence-electron chi connectivity index (χ3n) is 5.17. The van der Waals surface area contributed by atoms with Crippen molar-refractivity contribution >= 4 is 33.8 Å². The smallest absolute Gasteiger partial charge is 0.205 e. The second-order valence-electron chi connectivity index (χ2n) is 7.06. The zero-order valence-corrected chi connectivity index (χ0v) is 16.8. The second kappa shape index (κ2) is 8.02. The van der Waals surface area contributed by atoms with Gasteiger partial charge in [-0.1, -0.05) is 24.6 Å². The van der Waals surface area contributed by atoms with Crippen LogP contribution in [0.25, 0.3) is 10.9 Å². The molecule has 3 aromatic rings. The Morgan fingerprint density at radius 2 is 2.04 bits per heavy atom. The van der Waals surface area contributed by atoms with E-state index in [-0.39, 0.29) is 0 Å². The van der Waals surface area contributed by atoms with E-state index in [2.05, 4.69) is 4.98 Å². The molecule has 4 N–H and O–H groups in total. The summed E-state index contributed by atoms with van der Waals surface area (Å²) in [6.45, 7) is 1.35. The first-order chi connectivity index (χ1) is 13.5. The third-order valence-corrected chi connectivity index (χ3v) is 6.40. The molecule has 4 rings (SSSR count). The van der Waals surface area contributed by atoms with Crippen molar-refractivity contribution < 1.29 is 24.8 Å². The van der Waals surface area contributed by atoms with Gasteiger partial charge in [0.15, 0.2) is 0 Å². The van der Waals surface area contributed by atoms with E-state index in [0.29, 0.717) is 12.2 Å². The molecule has 0 unspecified atom stereocenters. The quantitative estimate of drug-likeness (QED) is 0.506. The molecule has 28 heavy (non-hydrogen) atoms. The Labute approximate surface area is 171 Å². The summed E-state index contributed by atoms with van der Waals surface area (Å²) in [4.78, 5) is 4.40. The number of thiophene rings is 1. The van der Waals surface area contributed by atoms with E-state index in [4.69, 9.17) is 21.1 Å². The summed E-state index contributed by atoms with van der Waals surface area (Å²) in [5, 5.41) is 30.7. The normalized spacial score (nSPS) is 28.0. The van der Waals surface area contributed by atoms with Crippen LogP contribution in [0.5, 0.6) is 5.75 Å². The van der Waals surface area contributed by atoms with Gasteiger partial charge in [0.2, 0.25) is 6.29 Å². The Morgan fingerprint density at radius 3 is 2.75 bits per heavy atom. The van der Waals surface area contributed by atoms with E-state index in [1.165, 1.54) is 11.3 Å². The summed E-state index contributed by atoms with van der Waals surface area (Å²) in [5.41, 5.74) is 1.99. The zero-order chi connectivity index (χ0) is 19.8. The molecule has 0 aliphatic carbocycles. The van der Waals surface area contributed by atoms with Crippen molar-refractivity contribution in [3.8, 4) is 5.75 Å². The van der Waals surface area contributed by atoms with Crippen LogP contribution in [-0.2, 0) is 11.2 Å². The molecule has 5 atom stereocenters. The highest BCUT2D eigenvalue weighted by atomic mass is 35.5. The van der Waals surface area contributed by atoms with Crippen molar-refractivity contribution in [2.75, 3.05) is 6.61 Å². The molecular formula is C20H22ClNO5S. The topological polar surface area (TPSA) is 94.9 Å². The average Bonchev–Trinajstić information content (AvgIpc) is 3.29. The monoisotopic (exact) mass is 423 g/mol. The summed E-state index contributed by atoms with van der Waals surface area (Å²) in [6.07, 6.45) is -1.23. The van der Waals surface area contributed by atoms with E-state index in [0.717, 1.165) is 25.7 Å². The molecule has 150 valence electrons. The molecule has 8 heteroatoms.